The molecule has 2 aromatic rings. The number of benzene rings is 1. The molecular formula is C21H27N5O. The smallest absolute Gasteiger partial charge is 0.120 e. The Balaban J connectivity index is 1.38. The molecule has 0 aliphatic carbocycles. The van der Waals surface area contributed by atoms with E-state index in [-0.39, 0.29) is 0 Å². The first kappa shape index (κ1) is 18.9. The minimum Gasteiger partial charge on any atom is -0.497 e. The molecule has 0 amide bonds. The molecule has 3 N–H and O–H groups in total. The quantitative estimate of drug-likeness (QED) is 0.519. The SMILES string of the molecule is COc1cccc(N/C=C\C(=N)NC2CCN(Cc3cccnc3)CC2)c1. The Morgan fingerprint density at radius 2 is 2.15 bits per heavy atom. The minimum atomic E-state index is 0.351. The highest BCUT2D eigenvalue weighted by Crippen LogP contribution is 2.16. The zero-order valence-corrected chi connectivity index (χ0v) is 15.7. The van der Waals surface area contributed by atoms with Crippen LogP contribution in [0.1, 0.15) is 18.4 Å². The van der Waals surface area contributed by atoms with Gasteiger partial charge in [-0.15, -0.1) is 0 Å². The number of ether oxygens (including phenoxy) is 1. The minimum absolute atomic E-state index is 0.351. The fourth-order valence-electron chi connectivity index (χ4n) is 3.19. The highest BCUT2D eigenvalue weighted by atomic mass is 16.5. The molecule has 0 radical (unpaired) electrons. The third-order valence-corrected chi connectivity index (χ3v) is 4.65. The molecule has 0 bridgehead atoms. The summed E-state index contributed by atoms with van der Waals surface area (Å²) < 4.78 is 5.20. The van der Waals surface area contributed by atoms with Crippen LogP contribution in [0.5, 0.6) is 5.75 Å². The molecule has 1 saturated heterocycles. The van der Waals surface area contributed by atoms with E-state index in [1.807, 2.05) is 42.7 Å². The second kappa shape index (κ2) is 9.73. The average molecular weight is 365 g/mol. The number of anilines is 1. The van der Waals surface area contributed by atoms with Gasteiger partial charge in [-0.1, -0.05) is 12.1 Å². The number of nitrogens with zero attached hydrogens (tertiary/aromatic N) is 2. The van der Waals surface area contributed by atoms with Gasteiger partial charge in [0.15, 0.2) is 0 Å². The van der Waals surface area contributed by atoms with Crippen molar-refractivity contribution in [3.8, 4) is 5.75 Å². The number of pyridine rings is 1. The third-order valence-electron chi connectivity index (χ3n) is 4.65. The van der Waals surface area contributed by atoms with E-state index in [2.05, 4.69) is 26.6 Å². The van der Waals surface area contributed by atoms with Gasteiger partial charge >= 0.3 is 0 Å². The van der Waals surface area contributed by atoms with E-state index in [9.17, 15) is 0 Å². The van der Waals surface area contributed by atoms with Crippen molar-refractivity contribution in [1.82, 2.24) is 15.2 Å². The number of methoxy groups -OCH3 is 1. The molecule has 1 aromatic carbocycles. The highest BCUT2D eigenvalue weighted by Gasteiger charge is 2.19. The van der Waals surface area contributed by atoms with Crippen LogP contribution >= 0.6 is 0 Å². The lowest BCUT2D eigenvalue weighted by atomic mass is 10.0. The first-order valence-corrected chi connectivity index (χ1v) is 9.26. The highest BCUT2D eigenvalue weighted by molar-refractivity contribution is 5.90. The van der Waals surface area contributed by atoms with E-state index < -0.39 is 0 Å². The van der Waals surface area contributed by atoms with Gasteiger partial charge in [-0.05, 0) is 42.7 Å². The molecule has 1 aliphatic rings. The van der Waals surface area contributed by atoms with Gasteiger partial charge in [0.2, 0.25) is 0 Å². The van der Waals surface area contributed by atoms with Crippen molar-refractivity contribution in [2.24, 2.45) is 0 Å². The van der Waals surface area contributed by atoms with Gasteiger partial charge in [0.05, 0.1) is 7.11 Å². The second-order valence-electron chi connectivity index (χ2n) is 6.68. The first-order valence-electron chi connectivity index (χ1n) is 9.26. The van der Waals surface area contributed by atoms with Gasteiger partial charge in [0, 0.05) is 56.0 Å². The maximum atomic E-state index is 8.11. The Bertz CT molecular complexity index is 754. The summed E-state index contributed by atoms with van der Waals surface area (Å²) in [5, 5.41) is 14.6. The maximum Gasteiger partial charge on any atom is 0.120 e. The summed E-state index contributed by atoms with van der Waals surface area (Å²) in [5.41, 5.74) is 2.19. The summed E-state index contributed by atoms with van der Waals surface area (Å²) in [6.07, 6.45) is 9.35. The molecule has 3 rings (SSSR count). The lowest BCUT2D eigenvalue weighted by Crippen LogP contribution is -2.43. The number of amidine groups is 1. The van der Waals surface area contributed by atoms with Crippen LogP contribution < -0.4 is 15.4 Å². The van der Waals surface area contributed by atoms with Crippen LogP contribution in [0.25, 0.3) is 0 Å². The predicted octanol–water partition coefficient (Wildman–Crippen LogP) is 3.25. The fourth-order valence-corrected chi connectivity index (χ4v) is 3.19. The molecule has 0 atom stereocenters. The first-order chi connectivity index (χ1) is 13.2. The molecule has 6 heteroatoms. The van der Waals surface area contributed by atoms with Crippen molar-refractivity contribution in [2.75, 3.05) is 25.5 Å². The van der Waals surface area contributed by atoms with E-state index in [0.717, 1.165) is 43.9 Å². The Morgan fingerprint density at radius 1 is 1.30 bits per heavy atom. The molecule has 0 unspecified atom stereocenters. The van der Waals surface area contributed by atoms with Crippen molar-refractivity contribution < 1.29 is 4.74 Å². The second-order valence-corrected chi connectivity index (χ2v) is 6.68. The molecule has 27 heavy (non-hydrogen) atoms. The number of hydrogen-bond donors (Lipinski definition) is 3. The molecule has 142 valence electrons. The molecule has 1 aliphatic heterocycles. The van der Waals surface area contributed by atoms with Crippen LogP contribution in [0.3, 0.4) is 0 Å². The largest absolute Gasteiger partial charge is 0.497 e. The van der Waals surface area contributed by atoms with Gasteiger partial charge in [-0.2, -0.15) is 0 Å². The lowest BCUT2D eigenvalue weighted by Gasteiger charge is -2.32. The van der Waals surface area contributed by atoms with Crippen molar-refractivity contribution >= 4 is 11.5 Å². The normalized spacial score (nSPS) is 15.6. The topological polar surface area (TPSA) is 73.3 Å². The zero-order chi connectivity index (χ0) is 18.9. The van der Waals surface area contributed by atoms with Gasteiger partial charge < -0.3 is 15.4 Å². The predicted molar refractivity (Wildman–Crippen MR) is 109 cm³/mol. The molecule has 2 heterocycles. The summed E-state index contributed by atoms with van der Waals surface area (Å²) in [7, 11) is 1.65. The summed E-state index contributed by atoms with van der Waals surface area (Å²) >= 11 is 0. The number of rotatable bonds is 7. The van der Waals surface area contributed by atoms with Crippen LogP contribution in [-0.4, -0.2) is 42.0 Å². The van der Waals surface area contributed by atoms with Crippen molar-refractivity contribution in [2.45, 2.75) is 25.4 Å². The van der Waals surface area contributed by atoms with Crippen LogP contribution in [0, 0.1) is 5.41 Å². The van der Waals surface area contributed by atoms with Gasteiger partial charge in [-0.3, -0.25) is 15.3 Å². The Morgan fingerprint density at radius 3 is 2.89 bits per heavy atom. The summed E-state index contributed by atoms with van der Waals surface area (Å²) in [5.74, 6) is 1.23. The maximum absolute atomic E-state index is 8.11. The van der Waals surface area contributed by atoms with Gasteiger partial charge in [0.1, 0.15) is 11.6 Å². The Hall–Kier alpha value is -2.86. The average Bonchev–Trinajstić information content (AvgIpc) is 2.70. The van der Waals surface area contributed by atoms with Crippen LogP contribution in [0.2, 0.25) is 0 Å². The fraction of sp³-hybridized carbons (Fsp3) is 0.333. The van der Waals surface area contributed by atoms with Crippen LogP contribution in [-0.2, 0) is 6.54 Å². The standard InChI is InChI=1S/C21H27N5O/c1-27-20-6-2-5-19(14-20)24-11-7-21(22)25-18-8-12-26(13-9-18)16-17-4-3-10-23-15-17/h2-7,10-11,14-15,18,24H,8-9,12-13,16H2,1H3,(H2,22,25)/b11-7-. The van der Waals surface area contributed by atoms with E-state index in [4.69, 9.17) is 10.1 Å². The Labute approximate surface area is 160 Å². The van der Waals surface area contributed by atoms with E-state index in [1.54, 1.807) is 19.4 Å². The summed E-state index contributed by atoms with van der Waals surface area (Å²) in [6, 6.07) is 12.2. The Kier molecular flexibility index (Phi) is 6.82. The molecular weight excluding hydrogens is 338 g/mol. The van der Waals surface area contributed by atoms with Crippen molar-refractivity contribution in [1.29, 1.82) is 5.41 Å². The van der Waals surface area contributed by atoms with Gasteiger partial charge in [-0.25, -0.2) is 0 Å². The zero-order valence-electron chi connectivity index (χ0n) is 15.7. The number of aromatic nitrogens is 1. The molecule has 1 aromatic heterocycles. The number of likely N-dealkylation sites (tertiary alicyclic amines) is 1. The number of piperidine rings is 1. The number of hydrogen-bond acceptors (Lipinski definition) is 5. The van der Waals surface area contributed by atoms with Crippen LogP contribution in [0.4, 0.5) is 5.69 Å². The van der Waals surface area contributed by atoms with Crippen molar-refractivity contribution in [3.05, 3.63) is 66.6 Å². The third kappa shape index (κ3) is 6.11. The van der Waals surface area contributed by atoms with E-state index in [1.165, 1.54) is 5.56 Å². The summed E-state index contributed by atoms with van der Waals surface area (Å²) in [6.45, 7) is 3.01. The molecule has 0 spiro atoms. The van der Waals surface area contributed by atoms with E-state index >= 15 is 0 Å². The van der Waals surface area contributed by atoms with Crippen molar-refractivity contribution in [3.63, 3.8) is 0 Å². The molecule has 1 fully saturated rings. The molecule has 6 nitrogen and oxygen atoms in total. The monoisotopic (exact) mass is 365 g/mol. The van der Waals surface area contributed by atoms with Crippen LogP contribution in [0.15, 0.2) is 61.1 Å². The molecule has 0 saturated carbocycles. The van der Waals surface area contributed by atoms with E-state index in [0.29, 0.717) is 11.9 Å². The lowest BCUT2D eigenvalue weighted by molar-refractivity contribution is 0.199. The summed E-state index contributed by atoms with van der Waals surface area (Å²) in [4.78, 5) is 6.62. The van der Waals surface area contributed by atoms with Gasteiger partial charge in [0.25, 0.3) is 0 Å². The number of nitrogens with one attached hydrogen (secondary N) is 3.